The van der Waals surface area contributed by atoms with E-state index in [1.807, 2.05) is 24.3 Å². The largest absolute Gasteiger partial charge is 0.482 e. The minimum Gasteiger partial charge on any atom is -0.482 e. The van der Waals surface area contributed by atoms with Crippen LogP contribution in [0.15, 0.2) is 24.3 Å². The number of para-hydroxylation sites is 2. The third-order valence-electron chi connectivity index (χ3n) is 4.17. The van der Waals surface area contributed by atoms with Crippen molar-refractivity contribution in [3.8, 4) is 5.75 Å². The molecule has 1 saturated heterocycles. The summed E-state index contributed by atoms with van der Waals surface area (Å²) in [4.78, 5) is 27.7. The molecule has 2 aliphatic heterocycles. The topological polar surface area (TPSA) is 70.1 Å². The number of piperidine rings is 1. The Balaban J connectivity index is 1.61. The Morgan fingerprint density at radius 2 is 2.00 bits per heavy atom. The summed E-state index contributed by atoms with van der Waals surface area (Å²) in [7, 11) is 0. The molecule has 1 fully saturated rings. The van der Waals surface area contributed by atoms with Gasteiger partial charge in [0.05, 0.1) is 11.8 Å². The second kappa shape index (κ2) is 6.36. The molecule has 2 aliphatic rings. The van der Waals surface area contributed by atoms with Crippen LogP contribution in [0, 0.1) is 0 Å². The van der Waals surface area contributed by atoms with E-state index in [1.54, 1.807) is 9.80 Å². The maximum Gasteiger partial charge on any atom is 0.265 e. The number of aliphatic hydroxyl groups excluding tert-OH is 1. The van der Waals surface area contributed by atoms with Crippen LogP contribution in [0.1, 0.15) is 19.3 Å². The molecule has 2 heterocycles. The molecule has 0 bridgehead atoms. The molecule has 0 atom stereocenters. The van der Waals surface area contributed by atoms with Crippen molar-refractivity contribution >= 4 is 17.5 Å². The summed E-state index contributed by atoms with van der Waals surface area (Å²) >= 11 is 0. The molecule has 0 saturated carbocycles. The van der Waals surface area contributed by atoms with Gasteiger partial charge in [0.1, 0.15) is 5.75 Å². The van der Waals surface area contributed by atoms with Crippen LogP contribution in [0.4, 0.5) is 5.69 Å². The highest BCUT2D eigenvalue weighted by atomic mass is 16.5. The fourth-order valence-electron chi connectivity index (χ4n) is 2.88. The number of carbonyl (C=O) groups excluding carboxylic acids is 2. The molecule has 118 valence electrons. The molecule has 1 N–H and O–H groups in total. The van der Waals surface area contributed by atoms with E-state index in [4.69, 9.17) is 4.74 Å². The number of hydrogen-bond donors (Lipinski definition) is 1. The fourth-order valence-corrected chi connectivity index (χ4v) is 2.88. The van der Waals surface area contributed by atoms with Crippen molar-refractivity contribution in [2.24, 2.45) is 0 Å². The quantitative estimate of drug-likeness (QED) is 0.896. The van der Waals surface area contributed by atoms with Crippen LogP contribution in [0.5, 0.6) is 5.75 Å². The Morgan fingerprint density at radius 1 is 1.27 bits per heavy atom. The van der Waals surface area contributed by atoms with E-state index in [-0.39, 0.29) is 30.9 Å². The van der Waals surface area contributed by atoms with Crippen molar-refractivity contribution in [1.82, 2.24) is 4.90 Å². The highest BCUT2D eigenvalue weighted by Gasteiger charge is 2.27. The molecule has 0 radical (unpaired) electrons. The van der Waals surface area contributed by atoms with Crippen LogP contribution >= 0.6 is 0 Å². The van der Waals surface area contributed by atoms with Gasteiger partial charge in [-0.05, 0) is 25.0 Å². The molecule has 0 spiro atoms. The number of fused-ring (bicyclic) bond motifs is 1. The maximum atomic E-state index is 12.2. The molecular formula is C16H20N2O4. The van der Waals surface area contributed by atoms with Crippen molar-refractivity contribution < 1.29 is 19.4 Å². The van der Waals surface area contributed by atoms with Crippen LogP contribution in [0.25, 0.3) is 0 Å². The molecule has 3 rings (SSSR count). The summed E-state index contributed by atoms with van der Waals surface area (Å²) < 4.78 is 5.39. The Morgan fingerprint density at radius 3 is 2.77 bits per heavy atom. The normalized spacial score (nSPS) is 18.9. The predicted octanol–water partition coefficient (Wildman–Crippen LogP) is 0.785. The highest BCUT2D eigenvalue weighted by Crippen LogP contribution is 2.31. The van der Waals surface area contributed by atoms with Crippen molar-refractivity contribution in [2.45, 2.75) is 25.4 Å². The first-order valence-corrected chi connectivity index (χ1v) is 7.63. The minimum atomic E-state index is -0.295. The van der Waals surface area contributed by atoms with Crippen LogP contribution in [-0.2, 0) is 9.59 Å². The summed E-state index contributed by atoms with van der Waals surface area (Å²) in [5.74, 6) is 0.583. The Labute approximate surface area is 129 Å². The lowest BCUT2D eigenvalue weighted by molar-refractivity contribution is -0.133. The number of likely N-dealkylation sites (tertiary alicyclic amines) is 1. The van der Waals surface area contributed by atoms with Crippen LogP contribution in [-0.4, -0.2) is 54.2 Å². The second-order valence-electron chi connectivity index (χ2n) is 5.66. The molecule has 2 amide bonds. The molecular weight excluding hydrogens is 284 g/mol. The average Bonchev–Trinajstić information content (AvgIpc) is 2.54. The van der Waals surface area contributed by atoms with Crippen molar-refractivity contribution in [3.63, 3.8) is 0 Å². The summed E-state index contributed by atoms with van der Waals surface area (Å²) in [6.45, 7) is 1.56. The molecule has 0 unspecified atom stereocenters. The summed E-state index contributed by atoms with van der Waals surface area (Å²) in [6.07, 6.45) is 1.25. The standard InChI is InChI=1S/C16H20N2O4/c19-12-5-8-17(9-6-12)15(20)7-10-18-13-3-1-2-4-14(13)22-11-16(18)21/h1-4,12,19H,5-11H2. The van der Waals surface area contributed by atoms with Gasteiger partial charge in [0.2, 0.25) is 5.91 Å². The first-order valence-electron chi connectivity index (χ1n) is 7.63. The van der Waals surface area contributed by atoms with Gasteiger partial charge in [-0.2, -0.15) is 0 Å². The predicted molar refractivity (Wildman–Crippen MR) is 80.7 cm³/mol. The summed E-state index contributed by atoms with van der Waals surface area (Å²) in [5.41, 5.74) is 0.723. The van der Waals surface area contributed by atoms with E-state index in [0.717, 1.165) is 5.69 Å². The number of hydrogen-bond acceptors (Lipinski definition) is 4. The third-order valence-corrected chi connectivity index (χ3v) is 4.17. The SMILES string of the molecule is O=C(CCN1C(=O)COc2ccccc21)N1CCC(O)CC1. The molecule has 1 aromatic rings. The van der Waals surface area contributed by atoms with Gasteiger partial charge in [-0.3, -0.25) is 9.59 Å². The number of rotatable bonds is 3. The number of anilines is 1. The van der Waals surface area contributed by atoms with E-state index >= 15 is 0 Å². The van der Waals surface area contributed by atoms with Crippen molar-refractivity contribution in [1.29, 1.82) is 0 Å². The minimum absolute atomic E-state index is 0.0150. The maximum absolute atomic E-state index is 12.2. The molecule has 0 aromatic heterocycles. The van der Waals surface area contributed by atoms with E-state index in [2.05, 4.69) is 0 Å². The molecule has 1 aromatic carbocycles. The van der Waals surface area contributed by atoms with E-state index in [0.29, 0.717) is 38.2 Å². The number of carbonyl (C=O) groups is 2. The third kappa shape index (κ3) is 3.06. The smallest absolute Gasteiger partial charge is 0.265 e. The molecule has 6 heteroatoms. The summed E-state index contributed by atoms with van der Waals surface area (Å²) in [5, 5.41) is 9.48. The van der Waals surface area contributed by atoms with Gasteiger partial charge in [-0.25, -0.2) is 0 Å². The molecule has 6 nitrogen and oxygen atoms in total. The van der Waals surface area contributed by atoms with E-state index in [1.165, 1.54) is 0 Å². The molecule has 0 aliphatic carbocycles. The van der Waals surface area contributed by atoms with Gasteiger partial charge < -0.3 is 19.6 Å². The van der Waals surface area contributed by atoms with Gasteiger partial charge in [0, 0.05) is 26.1 Å². The van der Waals surface area contributed by atoms with Crippen LogP contribution < -0.4 is 9.64 Å². The average molecular weight is 304 g/mol. The highest BCUT2D eigenvalue weighted by molar-refractivity contribution is 5.98. The zero-order chi connectivity index (χ0) is 15.5. The Kier molecular flexibility index (Phi) is 4.29. The lowest BCUT2D eigenvalue weighted by Gasteiger charge is -2.32. The lowest BCUT2D eigenvalue weighted by atomic mass is 10.1. The number of nitrogens with zero attached hydrogens (tertiary/aromatic N) is 2. The van der Waals surface area contributed by atoms with Crippen molar-refractivity contribution in [3.05, 3.63) is 24.3 Å². The van der Waals surface area contributed by atoms with Gasteiger partial charge in [0.15, 0.2) is 6.61 Å². The Bertz CT molecular complexity index is 567. The van der Waals surface area contributed by atoms with E-state index < -0.39 is 0 Å². The monoisotopic (exact) mass is 304 g/mol. The zero-order valence-electron chi connectivity index (χ0n) is 12.4. The molecule has 22 heavy (non-hydrogen) atoms. The Hall–Kier alpha value is -2.08. The fraction of sp³-hybridized carbons (Fsp3) is 0.500. The summed E-state index contributed by atoms with van der Waals surface area (Å²) in [6, 6.07) is 7.36. The first-order chi connectivity index (χ1) is 10.6. The van der Waals surface area contributed by atoms with Gasteiger partial charge in [0.25, 0.3) is 5.91 Å². The number of aliphatic hydroxyl groups is 1. The zero-order valence-corrected chi connectivity index (χ0v) is 12.4. The van der Waals surface area contributed by atoms with Gasteiger partial charge in [-0.1, -0.05) is 12.1 Å². The van der Waals surface area contributed by atoms with Gasteiger partial charge in [-0.15, -0.1) is 0 Å². The van der Waals surface area contributed by atoms with Gasteiger partial charge >= 0.3 is 0 Å². The van der Waals surface area contributed by atoms with Crippen LogP contribution in [0.3, 0.4) is 0 Å². The van der Waals surface area contributed by atoms with E-state index in [9.17, 15) is 14.7 Å². The van der Waals surface area contributed by atoms with Crippen molar-refractivity contribution in [2.75, 3.05) is 31.1 Å². The van der Waals surface area contributed by atoms with Crippen LogP contribution in [0.2, 0.25) is 0 Å². The number of ether oxygens (including phenoxy) is 1. The second-order valence-corrected chi connectivity index (χ2v) is 5.66. The lowest BCUT2D eigenvalue weighted by Crippen LogP contribution is -2.44. The first kappa shape index (κ1) is 14.8. The number of amides is 2. The number of benzene rings is 1.